The number of hydrogen-bond donors (Lipinski definition) is 2. The van der Waals surface area contributed by atoms with E-state index in [4.69, 9.17) is 11.6 Å². The molecule has 132 valence electrons. The molecule has 0 spiro atoms. The van der Waals surface area contributed by atoms with Crippen molar-refractivity contribution in [1.82, 2.24) is 15.3 Å². The molecule has 0 saturated carbocycles. The first-order valence-corrected chi connectivity index (χ1v) is 8.62. The molecule has 0 radical (unpaired) electrons. The maximum absolute atomic E-state index is 12.2. The van der Waals surface area contributed by atoms with Crippen molar-refractivity contribution in [3.05, 3.63) is 88.3 Å². The van der Waals surface area contributed by atoms with Crippen LogP contribution >= 0.6 is 11.6 Å². The van der Waals surface area contributed by atoms with E-state index in [0.717, 1.165) is 11.1 Å². The van der Waals surface area contributed by atoms with Crippen LogP contribution in [0.4, 0.5) is 5.82 Å². The second kappa shape index (κ2) is 8.45. The van der Waals surface area contributed by atoms with E-state index >= 15 is 0 Å². The number of anilines is 1. The monoisotopic (exact) mass is 366 g/mol. The molecule has 0 saturated heterocycles. The van der Waals surface area contributed by atoms with Crippen LogP contribution in [-0.4, -0.2) is 15.9 Å². The largest absolute Gasteiger partial charge is 0.365 e. The van der Waals surface area contributed by atoms with Crippen molar-refractivity contribution in [2.75, 3.05) is 5.32 Å². The average molecular weight is 367 g/mol. The predicted molar refractivity (Wildman–Crippen MR) is 103 cm³/mol. The highest BCUT2D eigenvalue weighted by molar-refractivity contribution is 6.30. The summed E-state index contributed by atoms with van der Waals surface area (Å²) in [6.07, 6.45) is 3.02. The van der Waals surface area contributed by atoms with Gasteiger partial charge in [-0.25, -0.2) is 9.97 Å². The van der Waals surface area contributed by atoms with Crippen LogP contribution in [0.25, 0.3) is 0 Å². The Kier molecular flexibility index (Phi) is 5.81. The summed E-state index contributed by atoms with van der Waals surface area (Å²) in [6, 6.07) is 15.6. The van der Waals surface area contributed by atoms with Crippen LogP contribution in [0.2, 0.25) is 5.02 Å². The highest BCUT2D eigenvalue weighted by Gasteiger charge is 2.08. The number of rotatable bonds is 6. The van der Waals surface area contributed by atoms with Crippen LogP contribution in [0.3, 0.4) is 0 Å². The van der Waals surface area contributed by atoms with Gasteiger partial charge in [-0.3, -0.25) is 4.79 Å². The Morgan fingerprint density at radius 3 is 2.23 bits per heavy atom. The lowest BCUT2D eigenvalue weighted by Gasteiger charge is -2.07. The van der Waals surface area contributed by atoms with E-state index in [1.165, 1.54) is 11.8 Å². The first kappa shape index (κ1) is 17.9. The van der Waals surface area contributed by atoms with Crippen LogP contribution in [0.15, 0.2) is 60.9 Å². The molecule has 2 aromatic carbocycles. The number of amides is 1. The minimum Gasteiger partial charge on any atom is -0.365 e. The molecule has 1 amide bonds. The first-order chi connectivity index (χ1) is 12.6. The number of benzene rings is 2. The Morgan fingerprint density at radius 1 is 0.923 bits per heavy atom. The van der Waals surface area contributed by atoms with Gasteiger partial charge in [-0.2, -0.15) is 0 Å². The fourth-order valence-electron chi connectivity index (χ4n) is 2.31. The topological polar surface area (TPSA) is 66.9 Å². The quantitative estimate of drug-likeness (QED) is 0.692. The predicted octanol–water partition coefficient (Wildman–Crippen LogP) is 3.98. The molecule has 1 heterocycles. The lowest BCUT2D eigenvalue weighted by atomic mass is 10.1. The second-order valence-electron chi connectivity index (χ2n) is 5.94. The van der Waals surface area contributed by atoms with Crippen LogP contribution in [-0.2, 0) is 13.1 Å². The van der Waals surface area contributed by atoms with E-state index in [9.17, 15) is 4.79 Å². The van der Waals surface area contributed by atoms with Crippen LogP contribution in [0, 0.1) is 6.92 Å². The molecule has 0 aliphatic rings. The lowest BCUT2D eigenvalue weighted by molar-refractivity contribution is 0.0945. The summed E-state index contributed by atoms with van der Waals surface area (Å²) in [6.45, 7) is 3.09. The first-order valence-electron chi connectivity index (χ1n) is 8.24. The van der Waals surface area contributed by atoms with E-state index in [-0.39, 0.29) is 11.6 Å². The number of nitrogens with one attached hydrogen (secondary N) is 2. The van der Waals surface area contributed by atoms with Crippen molar-refractivity contribution >= 4 is 23.3 Å². The highest BCUT2D eigenvalue weighted by atomic mass is 35.5. The minimum absolute atomic E-state index is 0.248. The van der Waals surface area contributed by atoms with Gasteiger partial charge < -0.3 is 10.6 Å². The number of hydrogen-bond acceptors (Lipinski definition) is 4. The molecule has 1 aromatic heterocycles. The fourth-order valence-corrected chi connectivity index (χ4v) is 2.44. The zero-order chi connectivity index (χ0) is 18.4. The van der Waals surface area contributed by atoms with E-state index in [0.29, 0.717) is 23.9 Å². The summed E-state index contributed by atoms with van der Waals surface area (Å²) in [4.78, 5) is 20.6. The number of carbonyl (C=O) groups excluding carboxylic acids is 1. The van der Waals surface area contributed by atoms with Gasteiger partial charge in [-0.1, -0.05) is 53.6 Å². The Balaban J connectivity index is 1.52. The SMILES string of the molecule is Cc1ccc(CNC(=O)c2cnc(NCc3ccc(Cl)cc3)cn2)cc1. The summed E-state index contributed by atoms with van der Waals surface area (Å²) < 4.78 is 0. The van der Waals surface area contributed by atoms with Crippen molar-refractivity contribution < 1.29 is 4.79 Å². The van der Waals surface area contributed by atoms with Crippen molar-refractivity contribution in [2.45, 2.75) is 20.0 Å². The summed E-state index contributed by atoms with van der Waals surface area (Å²) in [5, 5.41) is 6.71. The van der Waals surface area contributed by atoms with E-state index < -0.39 is 0 Å². The Bertz CT molecular complexity index is 862. The third kappa shape index (κ3) is 5.04. The third-order valence-corrected chi connectivity index (χ3v) is 4.10. The highest BCUT2D eigenvalue weighted by Crippen LogP contribution is 2.11. The number of nitrogens with zero attached hydrogens (tertiary/aromatic N) is 2. The third-order valence-electron chi connectivity index (χ3n) is 3.85. The summed E-state index contributed by atoms with van der Waals surface area (Å²) in [5.74, 6) is 0.359. The molecular formula is C20H19ClN4O. The van der Waals surface area contributed by atoms with Crippen LogP contribution < -0.4 is 10.6 Å². The molecule has 2 N–H and O–H groups in total. The fraction of sp³-hybridized carbons (Fsp3) is 0.150. The van der Waals surface area contributed by atoms with E-state index in [1.54, 1.807) is 6.20 Å². The average Bonchev–Trinajstić information content (AvgIpc) is 2.67. The zero-order valence-electron chi connectivity index (χ0n) is 14.4. The van der Waals surface area contributed by atoms with Gasteiger partial charge >= 0.3 is 0 Å². The summed E-state index contributed by atoms with van der Waals surface area (Å²) >= 11 is 5.87. The smallest absolute Gasteiger partial charge is 0.271 e. The lowest BCUT2D eigenvalue weighted by Crippen LogP contribution is -2.24. The van der Waals surface area contributed by atoms with E-state index in [1.807, 2.05) is 55.5 Å². The molecule has 3 rings (SSSR count). The molecule has 3 aromatic rings. The van der Waals surface area contributed by atoms with Gasteiger partial charge in [0.2, 0.25) is 0 Å². The number of carbonyl (C=O) groups is 1. The number of aromatic nitrogens is 2. The van der Waals surface area contributed by atoms with E-state index in [2.05, 4.69) is 20.6 Å². The standard InChI is InChI=1S/C20H19ClN4O/c1-14-2-4-15(5-3-14)11-25-20(26)18-12-24-19(13-22-18)23-10-16-6-8-17(21)9-7-16/h2-9,12-13H,10-11H2,1H3,(H,23,24)(H,25,26). The molecule has 0 bridgehead atoms. The normalized spacial score (nSPS) is 10.4. The van der Waals surface area contributed by atoms with Crippen molar-refractivity contribution in [1.29, 1.82) is 0 Å². The second-order valence-corrected chi connectivity index (χ2v) is 6.37. The molecular weight excluding hydrogens is 348 g/mol. The molecule has 6 heteroatoms. The van der Waals surface area contributed by atoms with Crippen molar-refractivity contribution in [3.63, 3.8) is 0 Å². The van der Waals surface area contributed by atoms with Gasteiger partial charge in [0, 0.05) is 18.1 Å². The number of aryl methyl sites for hydroxylation is 1. The van der Waals surface area contributed by atoms with Crippen LogP contribution in [0.1, 0.15) is 27.2 Å². The minimum atomic E-state index is -0.248. The van der Waals surface area contributed by atoms with Gasteiger partial charge in [-0.15, -0.1) is 0 Å². The Labute approximate surface area is 157 Å². The number of halogens is 1. The summed E-state index contributed by atoms with van der Waals surface area (Å²) in [7, 11) is 0. The van der Waals surface area contributed by atoms with Gasteiger partial charge in [0.1, 0.15) is 11.5 Å². The van der Waals surface area contributed by atoms with Crippen molar-refractivity contribution in [3.8, 4) is 0 Å². The molecule has 0 unspecified atom stereocenters. The van der Waals surface area contributed by atoms with Crippen LogP contribution in [0.5, 0.6) is 0 Å². The maximum atomic E-state index is 12.2. The molecule has 0 aliphatic carbocycles. The summed E-state index contributed by atoms with van der Waals surface area (Å²) in [5.41, 5.74) is 3.59. The molecule has 0 atom stereocenters. The molecule has 26 heavy (non-hydrogen) atoms. The van der Waals surface area contributed by atoms with Crippen molar-refractivity contribution in [2.24, 2.45) is 0 Å². The Hall–Kier alpha value is -2.92. The molecule has 0 fully saturated rings. The zero-order valence-corrected chi connectivity index (χ0v) is 15.1. The van der Waals surface area contributed by atoms with Gasteiger partial charge in [0.15, 0.2) is 0 Å². The van der Waals surface area contributed by atoms with Gasteiger partial charge in [0.05, 0.1) is 12.4 Å². The maximum Gasteiger partial charge on any atom is 0.271 e. The molecule has 0 aliphatic heterocycles. The molecule has 5 nitrogen and oxygen atoms in total. The van der Waals surface area contributed by atoms with Gasteiger partial charge in [-0.05, 0) is 30.2 Å². The van der Waals surface area contributed by atoms with Gasteiger partial charge in [0.25, 0.3) is 5.91 Å². The Morgan fingerprint density at radius 2 is 1.58 bits per heavy atom.